The topological polar surface area (TPSA) is 29.5 Å². The maximum Gasteiger partial charge on any atom is 0.322 e. The van der Waals surface area contributed by atoms with Crippen LogP contribution in [0.25, 0.3) is 0 Å². The Morgan fingerprint density at radius 3 is 2.62 bits per heavy atom. The van der Waals surface area contributed by atoms with E-state index < -0.39 is 0 Å². The highest BCUT2D eigenvalue weighted by Gasteiger charge is 2.34. The highest BCUT2D eigenvalue weighted by Crippen LogP contribution is 2.19. The lowest BCUT2D eigenvalue weighted by Crippen LogP contribution is -2.38. The minimum atomic E-state index is -0.0596. The quantitative estimate of drug-likeness (QED) is 0.478. The van der Waals surface area contributed by atoms with Crippen LogP contribution in [0.2, 0.25) is 5.82 Å². The molecule has 2 unspecified atom stereocenters. The number of carbonyl (C=O) groups is 1. The summed E-state index contributed by atoms with van der Waals surface area (Å²) in [5, 5.41) is 0. The van der Waals surface area contributed by atoms with E-state index in [1.807, 2.05) is 14.0 Å². The van der Waals surface area contributed by atoms with Crippen LogP contribution in [0, 0.1) is 0 Å². The normalized spacial score (nSPS) is 28.3. The SMILES string of the molecule is CC(C)BN(C)C1CC(C)OC1=O. The van der Waals surface area contributed by atoms with Gasteiger partial charge in [-0.3, -0.25) is 4.79 Å². The number of likely N-dealkylation sites (N-methyl/N-ethyl adjacent to an activating group) is 1. The molecule has 0 bridgehead atoms. The zero-order chi connectivity index (χ0) is 10.0. The molecule has 0 aliphatic carbocycles. The smallest absolute Gasteiger partial charge is 0.322 e. The molecule has 1 aliphatic heterocycles. The second-order valence-electron chi connectivity index (χ2n) is 4.33. The molecule has 0 aromatic carbocycles. The number of hydrogen-bond donors (Lipinski definition) is 0. The van der Waals surface area contributed by atoms with Crippen molar-refractivity contribution in [3.8, 4) is 0 Å². The van der Waals surface area contributed by atoms with Crippen molar-refractivity contribution < 1.29 is 9.53 Å². The molecular weight excluding hydrogens is 165 g/mol. The molecule has 0 radical (unpaired) electrons. The summed E-state index contributed by atoms with van der Waals surface area (Å²) in [4.78, 5) is 13.4. The van der Waals surface area contributed by atoms with E-state index in [0.717, 1.165) is 13.8 Å². The predicted octanol–water partition coefficient (Wildman–Crippen LogP) is 0.802. The zero-order valence-electron chi connectivity index (χ0n) is 8.91. The molecule has 0 saturated carbocycles. The van der Waals surface area contributed by atoms with Crippen LogP contribution in [0.1, 0.15) is 27.2 Å². The third-order valence-electron chi connectivity index (χ3n) is 2.33. The van der Waals surface area contributed by atoms with Gasteiger partial charge in [0.2, 0.25) is 7.41 Å². The van der Waals surface area contributed by atoms with Gasteiger partial charge in [-0.1, -0.05) is 19.7 Å². The lowest BCUT2D eigenvalue weighted by atomic mass is 9.75. The first-order valence-corrected chi connectivity index (χ1v) is 4.91. The Kier molecular flexibility index (Phi) is 3.36. The fraction of sp³-hybridized carbons (Fsp3) is 0.889. The van der Waals surface area contributed by atoms with Crippen LogP contribution in [0.3, 0.4) is 0 Å². The molecule has 1 saturated heterocycles. The van der Waals surface area contributed by atoms with Crippen LogP contribution < -0.4 is 0 Å². The monoisotopic (exact) mass is 183 g/mol. The Morgan fingerprint density at radius 2 is 2.23 bits per heavy atom. The van der Waals surface area contributed by atoms with Crippen molar-refractivity contribution in [3.63, 3.8) is 0 Å². The number of nitrogens with zero attached hydrogens (tertiary/aromatic N) is 1. The zero-order valence-corrected chi connectivity index (χ0v) is 8.91. The van der Waals surface area contributed by atoms with Crippen molar-refractivity contribution in [1.29, 1.82) is 0 Å². The van der Waals surface area contributed by atoms with Gasteiger partial charge in [-0.25, -0.2) is 0 Å². The molecule has 0 N–H and O–H groups in total. The molecule has 1 rings (SSSR count). The molecule has 3 nitrogen and oxygen atoms in total. The largest absolute Gasteiger partial charge is 0.461 e. The lowest BCUT2D eigenvalue weighted by molar-refractivity contribution is -0.143. The van der Waals surface area contributed by atoms with E-state index in [1.165, 1.54) is 0 Å². The van der Waals surface area contributed by atoms with Gasteiger partial charge in [0.05, 0.1) is 0 Å². The number of cyclic esters (lactones) is 1. The Bertz CT molecular complexity index is 196. The van der Waals surface area contributed by atoms with Crippen molar-refractivity contribution in [3.05, 3.63) is 0 Å². The number of ether oxygens (including phenoxy) is 1. The molecule has 74 valence electrons. The Hall–Kier alpha value is -0.505. The first kappa shape index (κ1) is 10.6. The van der Waals surface area contributed by atoms with Gasteiger partial charge in [0.25, 0.3) is 0 Å². The van der Waals surface area contributed by atoms with Gasteiger partial charge in [0.15, 0.2) is 0 Å². The van der Waals surface area contributed by atoms with Crippen LogP contribution in [0.15, 0.2) is 0 Å². The predicted molar refractivity (Wildman–Crippen MR) is 54.0 cm³/mol. The number of hydrogen-bond acceptors (Lipinski definition) is 3. The van der Waals surface area contributed by atoms with Crippen LogP contribution in [-0.4, -0.2) is 37.4 Å². The molecule has 0 amide bonds. The molecule has 1 heterocycles. The van der Waals surface area contributed by atoms with E-state index in [1.54, 1.807) is 0 Å². The average molecular weight is 183 g/mol. The van der Waals surface area contributed by atoms with Crippen molar-refractivity contribution in [2.24, 2.45) is 0 Å². The van der Waals surface area contributed by atoms with E-state index in [-0.39, 0.29) is 18.1 Å². The lowest BCUT2D eigenvalue weighted by Gasteiger charge is -2.21. The van der Waals surface area contributed by atoms with Crippen molar-refractivity contribution >= 4 is 13.4 Å². The maximum atomic E-state index is 11.3. The van der Waals surface area contributed by atoms with E-state index in [9.17, 15) is 4.79 Å². The van der Waals surface area contributed by atoms with E-state index in [4.69, 9.17) is 4.74 Å². The molecule has 13 heavy (non-hydrogen) atoms. The van der Waals surface area contributed by atoms with Gasteiger partial charge in [0, 0.05) is 6.42 Å². The molecule has 0 spiro atoms. The van der Waals surface area contributed by atoms with Crippen LogP contribution in [0.4, 0.5) is 0 Å². The second kappa shape index (κ2) is 4.14. The summed E-state index contributed by atoms with van der Waals surface area (Å²) in [6.45, 7) is 6.25. The van der Waals surface area contributed by atoms with E-state index in [2.05, 4.69) is 18.7 Å². The Morgan fingerprint density at radius 1 is 1.62 bits per heavy atom. The maximum absolute atomic E-state index is 11.3. The fourth-order valence-electron chi connectivity index (χ4n) is 1.80. The molecule has 0 aromatic heterocycles. The summed E-state index contributed by atoms with van der Waals surface area (Å²) >= 11 is 0. The minimum Gasteiger partial charge on any atom is -0.461 e. The fourth-order valence-corrected chi connectivity index (χ4v) is 1.80. The highest BCUT2D eigenvalue weighted by atomic mass is 16.6. The number of carbonyl (C=O) groups excluding carboxylic acids is 1. The van der Waals surface area contributed by atoms with Gasteiger partial charge < -0.3 is 9.55 Å². The first-order chi connectivity index (χ1) is 6.00. The average Bonchev–Trinajstić information content (AvgIpc) is 2.28. The van der Waals surface area contributed by atoms with Crippen molar-refractivity contribution in [1.82, 2.24) is 4.81 Å². The third-order valence-corrected chi connectivity index (χ3v) is 2.33. The summed E-state index contributed by atoms with van der Waals surface area (Å²) in [6.07, 6.45) is 0.925. The van der Waals surface area contributed by atoms with Crippen molar-refractivity contribution in [2.75, 3.05) is 7.05 Å². The molecule has 0 aromatic rings. The highest BCUT2D eigenvalue weighted by molar-refractivity contribution is 6.34. The summed E-state index contributed by atoms with van der Waals surface area (Å²) in [6, 6.07) is -0.0163. The summed E-state index contributed by atoms with van der Waals surface area (Å²) in [5.41, 5.74) is 0. The van der Waals surface area contributed by atoms with Crippen molar-refractivity contribution in [2.45, 2.75) is 45.2 Å². The third kappa shape index (κ3) is 2.73. The van der Waals surface area contributed by atoms with E-state index in [0.29, 0.717) is 5.82 Å². The van der Waals surface area contributed by atoms with Gasteiger partial charge in [-0.15, -0.1) is 0 Å². The summed E-state index contributed by atoms with van der Waals surface area (Å²) in [5.74, 6) is 0.532. The number of rotatable bonds is 3. The molecule has 1 fully saturated rings. The van der Waals surface area contributed by atoms with Gasteiger partial charge in [-0.2, -0.15) is 0 Å². The van der Waals surface area contributed by atoms with Crippen LogP contribution in [-0.2, 0) is 9.53 Å². The van der Waals surface area contributed by atoms with Gasteiger partial charge in [0.1, 0.15) is 12.1 Å². The molecular formula is C9H18BNO2. The van der Waals surface area contributed by atoms with Gasteiger partial charge >= 0.3 is 5.97 Å². The van der Waals surface area contributed by atoms with Crippen LogP contribution >= 0.6 is 0 Å². The van der Waals surface area contributed by atoms with Crippen LogP contribution in [0.5, 0.6) is 0 Å². The first-order valence-electron chi connectivity index (χ1n) is 4.91. The molecule has 4 heteroatoms. The minimum absolute atomic E-state index is 0.0163. The molecule has 2 atom stereocenters. The summed E-state index contributed by atoms with van der Waals surface area (Å²) < 4.78 is 5.10. The summed E-state index contributed by atoms with van der Waals surface area (Å²) in [7, 11) is 2.94. The van der Waals surface area contributed by atoms with E-state index >= 15 is 0 Å². The second-order valence-corrected chi connectivity index (χ2v) is 4.33. The Labute approximate surface area is 80.7 Å². The van der Waals surface area contributed by atoms with Gasteiger partial charge in [-0.05, 0) is 14.0 Å². The number of esters is 1. The standard InChI is InChI=1S/C9H18BNO2/c1-6(2)10-11(4)8-5-7(3)13-9(8)12/h6-8,10H,5H2,1-4H3. The molecule has 1 aliphatic rings. The Balaban J connectivity index is 2.47.